The Morgan fingerprint density at radius 3 is 2.15 bits per heavy atom. The highest BCUT2D eigenvalue weighted by atomic mass is 79.9. The monoisotopic (exact) mass is 333 g/mol. The van der Waals surface area contributed by atoms with E-state index in [1.807, 2.05) is 0 Å². The van der Waals surface area contributed by atoms with E-state index in [4.69, 9.17) is 0 Å². The van der Waals surface area contributed by atoms with Crippen LogP contribution in [0.2, 0.25) is 0 Å². The average Bonchev–Trinajstić information content (AvgIpc) is 2.43. The summed E-state index contributed by atoms with van der Waals surface area (Å²) in [5, 5.41) is 3.66. The first-order valence-corrected chi connectivity index (χ1v) is 8.97. The van der Waals surface area contributed by atoms with E-state index in [1.54, 1.807) is 6.42 Å². The molecule has 4 saturated carbocycles. The largest absolute Gasteiger partial charge is 0.313 e. The summed E-state index contributed by atoms with van der Waals surface area (Å²) in [7, 11) is 2.15. The van der Waals surface area contributed by atoms with E-state index in [9.17, 15) is 0 Å². The van der Waals surface area contributed by atoms with Gasteiger partial charge in [0.15, 0.2) is 0 Å². The van der Waals surface area contributed by atoms with Crippen LogP contribution in [0.3, 0.4) is 0 Å². The molecule has 1 aromatic rings. The van der Waals surface area contributed by atoms with Gasteiger partial charge in [-0.3, -0.25) is 0 Å². The van der Waals surface area contributed by atoms with E-state index in [2.05, 4.69) is 52.6 Å². The van der Waals surface area contributed by atoms with Gasteiger partial charge in [-0.1, -0.05) is 34.1 Å². The normalized spacial score (nSPS) is 40.0. The molecule has 0 amide bonds. The minimum atomic E-state index is 0.528. The third kappa shape index (κ3) is 2.07. The Hall–Kier alpha value is -0.340. The maximum atomic E-state index is 3.76. The molecular formula is C18H24BrN. The Labute approximate surface area is 130 Å². The van der Waals surface area contributed by atoms with Crippen molar-refractivity contribution in [2.24, 2.45) is 29.6 Å². The molecule has 1 unspecified atom stereocenters. The molecule has 1 aromatic carbocycles. The van der Waals surface area contributed by atoms with Gasteiger partial charge in [0.2, 0.25) is 0 Å². The van der Waals surface area contributed by atoms with Crippen LogP contribution >= 0.6 is 15.9 Å². The lowest BCUT2D eigenvalue weighted by Crippen LogP contribution is -2.49. The standard InChI is InChI=1S/C18H24BrN/c1-20-18(15-4-2-3-5-16(15)19)17-13-7-11-6-12(9-13)10-14(17)8-11/h2-5,11-14,17-18,20H,6-10H2,1H3. The predicted molar refractivity (Wildman–Crippen MR) is 86.5 cm³/mol. The highest BCUT2D eigenvalue weighted by molar-refractivity contribution is 9.10. The molecule has 0 saturated heterocycles. The maximum Gasteiger partial charge on any atom is 0.0362 e. The Kier molecular flexibility index (Phi) is 3.42. The van der Waals surface area contributed by atoms with Gasteiger partial charge in [-0.05, 0) is 80.4 Å². The molecule has 1 N–H and O–H groups in total. The van der Waals surface area contributed by atoms with E-state index in [-0.39, 0.29) is 0 Å². The fourth-order valence-corrected chi connectivity index (χ4v) is 6.33. The number of nitrogens with one attached hydrogen (secondary N) is 1. The van der Waals surface area contributed by atoms with E-state index in [0.717, 1.165) is 29.6 Å². The van der Waals surface area contributed by atoms with Crippen molar-refractivity contribution in [3.8, 4) is 0 Å². The third-order valence-corrected chi connectivity index (χ3v) is 6.96. The first kappa shape index (κ1) is 13.3. The second-order valence-corrected chi connectivity index (χ2v) is 8.15. The summed E-state index contributed by atoms with van der Waals surface area (Å²) in [4.78, 5) is 0. The molecule has 4 aliphatic rings. The zero-order valence-electron chi connectivity index (χ0n) is 12.2. The molecule has 0 heterocycles. The molecule has 0 spiro atoms. The molecule has 0 aliphatic heterocycles. The lowest BCUT2D eigenvalue weighted by Gasteiger charge is -2.56. The molecule has 5 rings (SSSR count). The van der Waals surface area contributed by atoms with E-state index in [1.165, 1.54) is 35.7 Å². The molecule has 4 bridgehead atoms. The van der Waals surface area contributed by atoms with Gasteiger partial charge in [0.05, 0.1) is 0 Å². The summed E-state index contributed by atoms with van der Waals surface area (Å²) in [6.45, 7) is 0. The summed E-state index contributed by atoms with van der Waals surface area (Å²) in [6, 6.07) is 9.32. The van der Waals surface area contributed by atoms with Crippen LogP contribution in [0.4, 0.5) is 0 Å². The van der Waals surface area contributed by atoms with Crippen molar-refractivity contribution in [1.29, 1.82) is 0 Å². The second kappa shape index (κ2) is 5.14. The highest BCUT2D eigenvalue weighted by Gasteiger charge is 2.50. The molecule has 20 heavy (non-hydrogen) atoms. The van der Waals surface area contributed by atoms with Crippen LogP contribution in [-0.4, -0.2) is 7.05 Å². The zero-order valence-corrected chi connectivity index (χ0v) is 13.8. The lowest BCUT2D eigenvalue weighted by molar-refractivity contribution is -0.0516. The zero-order chi connectivity index (χ0) is 13.7. The van der Waals surface area contributed by atoms with Crippen molar-refractivity contribution in [2.45, 2.75) is 38.1 Å². The van der Waals surface area contributed by atoms with Gasteiger partial charge in [-0.2, -0.15) is 0 Å². The van der Waals surface area contributed by atoms with E-state index < -0.39 is 0 Å². The first-order chi connectivity index (χ1) is 9.76. The van der Waals surface area contributed by atoms with Crippen LogP contribution in [0.1, 0.15) is 43.7 Å². The topological polar surface area (TPSA) is 12.0 Å². The number of benzene rings is 1. The summed E-state index contributed by atoms with van der Waals surface area (Å²) in [5.41, 5.74) is 1.47. The smallest absolute Gasteiger partial charge is 0.0362 e. The number of halogens is 1. The summed E-state index contributed by atoms with van der Waals surface area (Å²) in [6.07, 6.45) is 7.54. The van der Waals surface area contributed by atoms with Crippen LogP contribution in [0.25, 0.3) is 0 Å². The highest BCUT2D eigenvalue weighted by Crippen LogP contribution is 2.59. The minimum Gasteiger partial charge on any atom is -0.313 e. The number of rotatable bonds is 3. The Bertz CT molecular complexity index is 470. The molecule has 0 radical (unpaired) electrons. The molecule has 4 aliphatic carbocycles. The average molecular weight is 334 g/mol. The quantitative estimate of drug-likeness (QED) is 0.839. The number of hydrogen-bond acceptors (Lipinski definition) is 1. The second-order valence-electron chi connectivity index (χ2n) is 7.30. The van der Waals surface area contributed by atoms with Gasteiger partial charge in [0.1, 0.15) is 0 Å². The fraction of sp³-hybridized carbons (Fsp3) is 0.667. The van der Waals surface area contributed by atoms with E-state index >= 15 is 0 Å². The molecule has 2 heteroatoms. The summed E-state index contributed by atoms with van der Waals surface area (Å²) >= 11 is 3.76. The van der Waals surface area contributed by atoms with Gasteiger partial charge in [0, 0.05) is 10.5 Å². The Morgan fingerprint density at radius 2 is 1.60 bits per heavy atom. The van der Waals surface area contributed by atoms with Gasteiger partial charge >= 0.3 is 0 Å². The summed E-state index contributed by atoms with van der Waals surface area (Å²) in [5.74, 6) is 4.91. The van der Waals surface area contributed by atoms with Crippen molar-refractivity contribution < 1.29 is 0 Å². The van der Waals surface area contributed by atoms with Crippen LogP contribution in [0.15, 0.2) is 28.7 Å². The minimum absolute atomic E-state index is 0.528. The first-order valence-electron chi connectivity index (χ1n) is 8.18. The number of hydrogen-bond donors (Lipinski definition) is 1. The van der Waals surface area contributed by atoms with Gasteiger partial charge in [-0.25, -0.2) is 0 Å². The molecule has 4 fully saturated rings. The Morgan fingerprint density at radius 1 is 1.00 bits per heavy atom. The molecule has 108 valence electrons. The summed E-state index contributed by atoms with van der Waals surface area (Å²) < 4.78 is 1.27. The van der Waals surface area contributed by atoms with Crippen molar-refractivity contribution in [2.75, 3.05) is 7.05 Å². The van der Waals surface area contributed by atoms with Crippen LogP contribution in [0.5, 0.6) is 0 Å². The fourth-order valence-electron chi connectivity index (χ4n) is 5.79. The lowest BCUT2D eigenvalue weighted by atomic mass is 9.50. The van der Waals surface area contributed by atoms with E-state index in [0.29, 0.717) is 6.04 Å². The Balaban J connectivity index is 1.67. The predicted octanol–water partition coefficient (Wildman–Crippen LogP) is 4.78. The third-order valence-electron chi connectivity index (χ3n) is 6.24. The van der Waals surface area contributed by atoms with Crippen LogP contribution < -0.4 is 5.32 Å². The SMILES string of the molecule is CNC(c1ccccc1Br)C1C2CC3CC(C2)CC1C3. The van der Waals surface area contributed by atoms with Gasteiger partial charge in [-0.15, -0.1) is 0 Å². The molecular weight excluding hydrogens is 310 g/mol. The molecule has 0 aromatic heterocycles. The van der Waals surface area contributed by atoms with Crippen LogP contribution in [-0.2, 0) is 0 Å². The maximum absolute atomic E-state index is 3.76. The van der Waals surface area contributed by atoms with Gasteiger partial charge < -0.3 is 5.32 Å². The van der Waals surface area contributed by atoms with Gasteiger partial charge in [0.25, 0.3) is 0 Å². The molecule has 1 atom stereocenters. The van der Waals surface area contributed by atoms with Crippen molar-refractivity contribution in [3.63, 3.8) is 0 Å². The van der Waals surface area contributed by atoms with Crippen molar-refractivity contribution in [3.05, 3.63) is 34.3 Å². The molecule has 1 nitrogen and oxygen atoms in total. The van der Waals surface area contributed by atoms with Crippen LogP contribution in [0, 0.1) is 29.6 Å². The van der Waals surface area contributed by atoms with Crippen molar-refractivity contribution in [1.82, 2.24) is 5.32 Å². The van der Waals surface area contributed by atoms with Crippen molar-refractivity contribution >= 4 is 15.9 Å².